The van der Waals surface area contributed by atoms with Crippen molar-refractivity contribution in [2.24, 2.45) is 5.92 Å². The highest BCUT2D eigenvalue weighted by Crippen LogP contribution is 2.44. The topological polar surface area (TPSA) is 105 Å². The molecule has 4 rings (SSSR count). The average molecular weight is 422 g/mol. The van der Waals surface area contributed by atoms with Crippen LogP contribution in [-0.4, -0.2) is 41.3 Å². The Labute approximate surface area is 180 Å². The van der Waals surface area contributed by atoms with E-state index in [1.165, 1.54) is 0 Å². The van der Waals surface area contributed by atoms with Gasteiger partial charge in [-0.25, -0.2) is 9.59 Å². The van der Waals surface area contributed by atoms with Gasteiger partial charge in [0.15, 0.2) is 0 Å². The molecule has 2 amide bonds. The Balaban J connectivity index is 1.41. The fourth-order valence-corrected chi connectivity index (χ4v) is 4.13. The molecule has 3 N–H and O–H groups in total. The van der Waals surface area contributed by atoms with Gasteiger partial charge in [-0.3, -0.25) is 4.79 Å². The van der Waals surface area contributed by atoms with Gasteiger partial charge in [-0.2, -0.15) is 0 Å². The number of carbonyl (C=O) groups excluding carboxylic acids is 2. The number of carboxylic acid groups (broad SMARTS) is 1. The van der Waals surface area contributed by atoms with Crippen LogP contribution < -0.4 is 10.6 Å². The molecule has 0 aromatic heterocycles. The molecular weight excluding hydrogens is 396 g/mol. The fraction of sp³-hybridized carbons (Fsp3) is 0.375. The quantitative estimate of drug-likeness (QED) is 0.635. The third kappa shape index (κ3) is 4.00. The molecule has 162 valence electrons. The summed E-state index contributed by atoms with van der Waals surface area (Å²) in [5.74, 6) is -1.87. The summed E-state index contributed by atoms with van der Waals surface area (Å²) in [4.78, 5) is 36.5. The largest absolute Gasteiger partial charge is 0.480 e. The van der Waals surface area contributed by atoms with Gasteiger partial charge in [-0.1, -0.05) is 62.4 Å². The van der Waals surface area contributed by atoms with Crippen LogP contribution in [0, 0.1) is 5.92 Å². The second-order valence-corrected chi connectivity index (χ2v) is 8.57. The number of rotatable bonds is 7. The molecule has 0 radical (unpaired) electrons. The normalized spacial score (nSPS) is 16.7. The Morgan fingerprint density at radius 2 is 1.58 bits per heavy atom. The van der Waals surface area contributed by atoms with Gasteiger partial charge in [0.05, 0.1) is 0 Å². The Morgan fingerprint density at radius 3 is 2.06 bits per heavy atom. The van der Waals surface area contributed by atoms with E-state index in [0.29, 0.717) is 12.8 Å². The first-order chi connectivity index (χ1) is 14.8. The molecule has 2 aromatic rings. The molecule has 0 aliphatic heterocycles. The van der Waals surface area contributed by atoms with Gasteiger partial charge in [0.2, 0.25) is 5.91 Å². The number of carbonyl (C=O) groups is 3. The lowest BCUT2D eigenvalue weighted by Crippen LogP contribution is -2.54. The number of benzene rings is 2. The van der Waals surface area contributed by atoms with E-state index in [9.17, 15) is 19.5 Å². The van der Waals surface area contributed by atoms with Crippen LogP contribution in [0.4, 0.5) is 4.79 Å². The van der Waals surface area contributed by atoms with Crippen LogP contribution in [0.25, 0.3) is 11.1 Å². The van der Waals surface area contributed by atoms with Crippen molar-refractivity contribution >= 4 is 18.0 Å². The van der Waals surface area contributed by atoms with E-state index >= 15 is 0 Å². The highest BCUT2D eigenvalue weighted by molar-refractivity contribution is 5.93. The van der Waals surface area contributed by atoms with E-state index in [-0.39, 0.29) is 18.4 Å². The summed E-state index contributed by atoms with van der Waals surface area (Å²) in [5, 5.41) is 14.5. The Morgan fingerprint density at radius 1 is 1.03 bits per heavy atom. The first-order valence-corrected chi connectivity index (χ1v) is 10.5. The lowest BCUT2D eigenvalue weighted by Gasteiger charge is -2.24. The SMILES string of the molecule is CC(C)C(NC(=O)OCC1c2ccccc2-c2ccccc21)C(=O)NC1(C(=O)O)CC1. The fourth-order valence-electron chi connectivity index (χ4n) is 4.13. The molecule has 1 atom stereocenters. The molecule has 0 heterocycles. The molecule has 1 saturated carbocycles. The van der Waals surface area contributed by atoms with Crippen LogP contribution in [-0.2, 0) is 14.3 Å². The van der Waals surface area contributed by atoms with Crippen LogP contribution >= 0.6 is 0 Å². The van der Waals surface area contributed by atoms with Crippen molar-refractivity contribution in [3.8, 4) is 11.1 Å². The summed E-state index contributed by atoms with van der Waals surface area (Å²) in [5.41, 5.74) is 3.27. The van der Waals surface area contributed by atoms with Crippen molar-refractivity contribution in [2.45, 2.75) is 44.2 Å². The molecule has 0 saturated heterocycles. The van der Waals surface area contributed by atoms with E-state index in [1.807, 2.05) is 36.4 Å². The Kier molecular flexibility index (Phi) is 5.43. The van der Waals surface area contributed by atoms with Gasteiger partial charge in [0.1, 0.15) is 18.2 Å². The van der Waals surface area contributed by atoms with Gasteiger partial charge in [-0.05, 0) is 41.0 Å². The summed E-state index contributed by atoms with van der Waals surface area (Å²) >= 11 is 0. The zero-order valence-corrected chi connectivity index (χ0v) is 17.6. The number of hydrogen-bond donors (Lipinski definition) is 3. The highest BCUT2D eigenvalue weighted by atomic mass is 16.5. The molecule has 2 aromatic carbocycles. The lowest BCUT2D eigenvalue weighted by molar-refractivity contribution is -0.143. The molecular formula is C24H26N2O5. The maximum absolute atomic E-state index is 12.6. The number of alkyl carbamates (subject to hydrolysis) is 1. The zero-order chi connectivity index (χ0) is 22.2. The minimum absolute atomic E-state index is 0.0776. The van der Waals surface area contributed by atoms with Crippen molar-refractivity contribution in [2.75, 3.05) is 6.61 Å². The van der Waals surface area contributed by atoms with Crippen molar-refractivity contribution < 1.29 is 24.2 Å². The van der Waals surface area contributed by atoms with Crippen molar-refractivity contribution in [1.29, 1.82) is 0 Å². The van der Waals surface area contributed by atoms with Gasteiger partial charge >= 0.3 is 12.1 Å². The third-order valence-electron chi connectivity index (χ3n) is 6.09. The summed E-state index contributed by atoms with van der Waals surface area (Å²) in [6, 6.07) is 15.2. The van der Waals surface area contributed by atoms with E-state index < -0.39 is 29.6 Å². The second kappa shape index (κ2) is 8.06. The Hall–Kier alpha value is -3.35. The monoisotopic (exact) mass is 422 g/mol. The molecule has 2 aliphatic carbocycles. The lowest BCUT2D eigenvalue weighted by atomic mass is 9.98. The maximum Gasteiger partial charge on any atom is 0.407 e. The minimum atomic E-state index is -1.20. The highest BCUT2D eigenvalue weighted by Gasteiger charge is 2.52. The van der Waals surface area contributed by atoms with Gasteiger partial charge in [0.25, 0.3) is 0 Å². The molecule has 1 fully saturated rings. The number of nitrogens with one attached hydrogen (secondary N) is 2. The molecule has 7 heteroatoms. The predicted molar refractivity (Wildman–Crippen MR) is 115 cm³/mol. The summed E-state index contributed by atoms with van der Waals surface area (Å²) in [7, 11) is 0. The first-order valence-electron chi connectivity index (χ1n) is 10.5. The van der Waals surface area contributed by atoms with E-state index in [4.69, 9.17) is 4.74 Å². The maximum atomic E-state index is 12.6. The van der Waals surface area contributed by atoms with Crippen LogP contribution in [0.1, 0.15) is 43.7 Å². The predicted octanol–water partition coefficient (Wildman–Crippen LogP) is 3.28. The van der Waals surface area contributed by atoms with E-state index in [0.717, 1.165) is 22.3 Å². The van der Waals surface area contributed by atoms with Gasteiger partial charge in [-0.15, -0.1) is 0 Å². The number of hydrogen-bond acceptors (Lipinski definition) is 4. The molecule has 7 nitrogen and oxygen atoms in total. The van der Waals surface area contributed by atoms with Crippen molar-refractivity contribution in [1.82, 2.24) is 10.6 Å². The van der Waals surface area contributed by atoms with Crippen molar-refractivity contribution in [3.05, 3.63) is 59.7 Å². The van der Waals surface area contributed by atoms with Gasteiger partial charge < -0.3 is 20.5 Å². The first kappa shape index (κ1) is 20.9. The number of ether oxygens (including phenoxy) is 1. The number of amides is 2. The van der Waals surface area contributed by atoms with Crippen LogP contribution in [0.2, 0.25) is 0 Å². The average Bonchev–Trinajstić information content (AvgIpc) is 3.46. The third-order valence-corrected chi connectivity index (χ3v) is 6.09. The summed E-state index contributed by atoms with van der Waals surface area (Å²) < 4.78 is 5.52. The van der Waals surface area contributed by atoms with Crippen LogP contribution in [0.15, 0.2) is 48.5 Å². The molecule has 0 bridgehead atoms. The summed E-state index contributed by atoms with van der Waals surface area (Å²) in [6.45, 7) is 3.72. The number of carboxylic acids is 1. The molecule has 2 aliphatic rings. The smallest absolute Gasteiger partial charge is 0.407 e. The second-order valence-electron chi connectivity index (χ2n) is 8.57. The molecule has 0 spiro atoms. The molecule has 31 heavy (non-hydrogen) atoms. The zero-order valence-electron chi connectivity index (χ0n) is 17.6. The number of aliphatic carboxylic acids is 1. The standard InChI is InChI=1S/C24H26N2O5/c1-14(2)20(21(27)26-24(11-12-24)22(28)29)25-23(30)31-13-19-17-9-5-3-7-15(17)16-8-4-6-10-18(16)19/h3-10,14,19-20H,11-13H2,1-2H3,(H,25,30)(H,26,27)(H,28,29). The van der Waals surface area contributed by atoms with Crippen molar-refractivity contribution in [3.63, 3.8) is 0 Å². The minimum Gasteiger partial charge on any atom is -0.480 e. The van der Waals surface area contributed by atoms with Crippen LogP contribution in [0.3, 0.4) is 0 Å². The van der Waals surface area contributed by atoms with Crippen LogP contribution in [0.5, 0.6) is 0 Å². The Bertz CT molecular complexity index is 983. The number of fused-ring (bicyclic) bond motifs is 3. The molecule has 1 unspecified atom stereocenters. The summed E-state index contributed by atoms with van der Waals surface area (Å²) in [6.07, 6.45) is 0.0871. The van der Waals surface area contributed by atoms with E-state index in [1.54, 1.807) is 13.8 Å². The van der Waals surface area contributed by atoms with Gasteiger partial charge in [0, 0.05) is 5.92 Å². The van der Waals surface area contributed by atoms with E-state index in [2.05, 4.69) is 22.8 Å².